The molecule has 0 aliphatic rings. The number of nitrogens with one attached hydrogen (secondary N) is 2. The van der Waals surface area contributed by atoms with Crippen molar-refractivity contribution < 1.29 is 9.59 Å². The number of carbonyl (C=O) groups is 2. The molecular formula is C17H16Cl2N6O2S2. The van der Waals surface area contributed by atoms with Crippen LogP contribution in [-0.4, -0.2) is 37.3 Å². The summed E-state index contributed by atoms with van der Waals surface area (Å²) in [5, 5.41) is 17.4. The highest BCUT2D eigenvalue weighted by atomic mass is 35.5. The van der Waals surface area contributed by atoms with Crippen molar-refractivity contribution in [2.75, 3.05) is 11.1 Å². The first-order valence-electron chi connectivity index (χ1n) is 8.32. The van der Waals surface area contributed by atoms with Gasteiger partial charge in [0.1, 0.15) is 0 Å². The molecule has 0 saturated carbocycles. The minimum absolute atomic E-state index is 0.162. The molecule has 1 atom stereocenters. The van der Waals surface area contributed by atoms with Crippen LogP contribution in [0.4, 0.5) is 5.13 Å². The Morgan fingerprint density at radius 3 is 2.76 bits per heavy atom. The van der Waals surface area contributed by atoms with E-state index in [9.17, 15) is 9.59 Å². The largest absolute Gasteiger partial charge is 0.342 e. The van der Waals surface area contributed by atoms with E-state index in [2.05, 4.69) is 25.8 Å². The average Bonchev–Trinajstić information content (AvgIpc) is 3.31. The summed E-state index contributed by atoms with van der Waals surface area (Å²) in [7, 11) is 1.78. The predicted molar refractivity (Wildman–Crippen MR) is 115 cm³/mol. The standard InChI is InChI=1S/C17H16Cl2N6O2S2/c1-9(21-15(27)10-3-4-11(18)12(19)7-10)14-23-24-17(25(14)2)29-8-13(26)22-16-20-5-6-28-16/h3-7,9H,8H2,1-2H3,(H,21,27)(H,20,22,26)/t9-/m1/s1. The third kappa shape index (κ3) is 5.47. The predicted octanol–water partition coefficient (Wildman–Crippen LogP) is 3.80. The van der Waals surface area contributed by atoms with Crippen molar-refractivity contribution in [3.63, 3.8) is 0 Å². The van der Waals surface area contributed by atoms with Crippen molar-refractivity contribution in [1.29, 1.82) is 0 Å². The molecule has 3 rings (SSSR count). The smallest absolute Gasteiger partial charge is 0.251 e. The fourth-order valence-electron chi connectivity index (χ4n) is 2.38. The van der Waals surface area contributed by atoms with Crippen LogP contribution in [0.5, 0.6) is 0 Å². The van der Waals surface area contributed by atoms with Crippen LogP contribution in [0.3, 0.4) is 0 Å². The third-order valence-corrected chi connectivity index (χ3v) is 6.24. The molecule has 2 aromatic heterocycles. The number of benzene rings is 1. The molecule has 2 N–H and O–H groups in total. The van der Waals surface area contributed by atoms with Crippen LogP contribution in [0.2, 0.25) is 10.0 Å². The molecule has 2 amide bonds. The van der Waals surface area contributed by atoms with E-state index in [0.29, 0.717) is 31.7 Å². The Balaban J connectivity index is 1.59. The van der Waals surface area contributed by atoms with Crippen LogP contribution in [0.15, 0.2) is 34.9 Å². The van der Waals surface area contributed by atoms with Crippen LogP contribution in [0.1, 0.15) is 29.1 Å². The van der Waals surface area contributed by atoms with E-state index >= 15 is 0 Å². The van der Waals surface area contributed by atoms with Crippen LogP contribution in [-0.2, 0) is 11.8 Å². The van der Waals surface area contributed by atoms with Gasteiger partial charge in [-0.05, 0) is 25.1 Å². The topological polar surface area (TPSA) is 102 Å². The first-order valence-corrected chi connectivity index (χ1v) is 10.9. The summed E-state index contributed by atoms with van der Waals surface area (Å²) >= 11 is 14.4. The van der Waals surface area contributed by atoms with Gasteiger partial charge in [-0.1, -0.05) is 35.0 Å². The Morgan fingerprint density at radius 2 is 2.07 bits per heavy atom. The molecule has 1 aromatic carbocycles. The first-order chi connectivity index (χ1) is 13.8. The Hall–Kier alpha value is -2.14. The minimum Gasteiger partial charge on any atom is -0.342 e. The third-order valence-electron chi connectivity index (χ3n) is 3.80. The van der Waals surface area contributed by atoms with Crippen molar-refractivity contribution >= 4 is 63.2 Å². The summed E-state index contributed by atoms with van der Waals surface area (Å²) in [6.45, 7) is 1.79. The Kier molecular flexibility index (Phi) is 7.12. The fourth-order valence-corrected chi connectivity index (χ4v) is 3.94. The number of thiazole rings is 1. The maximum absolute atomic E-state index is 12.4. The molecule has 12 heteroatoms. The summed E-state index contributed by atoms with van der Waals surface area (Å²) in [6, 6.07) is 4.25. The lowest BCUT2D eigenvalue weighted by molar-refractivity contribution is -0.113. The van der Waals surface area contributed by atoms with Gasteiger partial charge >= 0.3 is 0 Å². The molecule has 0 fully saturated rings. The van der Waals surface area contributed by atoms with Crippen molar-refractivity contribution in [1.82, 2.24) is 25.1 Å². The van der Waals surface area contributed by atoms with Gasteiger partial charge in [-0.15, -0.1) is 21.5 Å². The molecule has 0 bridgehead atoms. The van der Waals surface area contributed by atoms with Gasteiger partial charge in [0, 0.05) is 24.2 Å². The number of anilines is 1. The first kappa shape index (κ1) is 21.6. The van der Waals surface area contributed by atoms with E-state index in [1.165, 1.54) is 29.2 Å². The Bertz CT molecular complexity index is 1030. The zero-order valence-corrected chi connectivity index (χ0v) is 18.5. The van der Waals surface area contributed by atoms with E-state index in [1.54, 1.807) is 42.2 Å². The number of amides is 2. The van der Waals surface area contributed by atoms with Crippen molar-refractivity contribution in [3.05, 3.63) is 51.2 Å². The van der Waals surface area contributed by atoms with Gasteiger partial charge in [0.05, 0.1) is 21.8 Å². The number of carbonyl (C=O) groups excluding carboxylic acids is 2. The number of hydrogen-bond acceptors (Lipinski definition) is 7. The van der Waals surface area contributed by atoms with E-state index in [0.717, 1.165) is 0 Å². The summed E-state index contributed by atoms with van der Waals surface area (Å²) in [5.74, 6) is 0.225. The lowest BCUT2D eigenvalue weighted by atomic mass is 10.2. The lowest BCUT2D eigenvalue weighted by Crippen LogP contribution is -2.28. The number of aromatic nitrogens is 4. The van der Waals surface area contributed by atoms with Gasteiger partial charge in [-0.2, -0.15) is 0 Å². The zero-order chi connectivity index (χ0) is 21.0. The highest BCUT2D eigenvalue weighted by Crippen LogP contribution is 2.23. The molecule has 152 valence electrons. The average molecular weight is 471 g/mol. The SMILES string of the molecule is C[C@@H](NC(=O)c1ccc(Cl)c(Cl)c1)c1nnc(SCC(=O)Nc2nccs2)n1C. The maximum atomic E-state index is 12.4. The van der Waals surface area contributed by atoms with E-state index in [1.807, 2.05) is 0 Å². The molecular weight excluding hydrogens is 455 g/mol. The molecule has 0 spiro atoms. The van der Waals surface area contributed by atoms with Crippen LogP contribution in [0, 0.1) is 0 Å². The van der Waals surface area contributed by atoms with Crippen molar-refractivity contribution in [2.45, 2.75) is 18.1 Å². The molecule has 0 aliphatic heterocycles. The maximum Gasteiger partial charge on any atom is 0.251 e. The van der Waals surface area contributed by atoms with E-state index < -0.39 is 6.04 Å². The van der Waals surface area contributed by atoms with Crippen LogP contribution in [0.25, 0.3) is 0 Å². The Labute approximate surface area is 185 Å². The zero-order valence-electron chi connectivity index (χ0n) is 15.3. The normalized spacial score (nSPS) is 11.9. The van der Waals surface area contributed by atoms with E-state index in [4.69, 9.17) is 23.2 Å². The second kappa shape index (κ2) is 9.57. The van der Waals surface area contributed by atoms with Crippen LogP contribution >= 0.6 is 46.3 Å². The summed E-state index contributed by atoms with van der Waals surface area (Å²) in [5.41, 5.74) is 0.391. The molecule has 2 heterocycles. The monoisotopic (exact) mass is 470 g/mol. The quantitative estimate of drug-likeness (QED) is 0.509. The fraction of sp³-hybridized carbons (Fsp3) is 0.235. The molecule has 8 nitrogen and oxygen atoms in total. The molecule has 0 aliphatic carbocycles. The second-order valence-electron chi connectivity index (χ2n) is 5.90. The van der Waals surface area contributed by atoms with E-state index in [-0.39, 0.29) is 17.6 Å². The summed E-state index contributed by atoms with van der Waals surface area (Å²) in [4.78, 5) is 28.4. The molecule has 0 radical (unpaired) electrons. The minimum atomic E-state index is -0.409. The second-order valence-corrected chi connectivity index (χ2v) is 8.55. The molecule has 29 heavy (non-hydrogen) atoms. The number of halogens is 2. The number of hydrogen-bond donors (Lipinski definition) is 2. The number of rotatable bonds is 7. The van der Waals surface area contributed by atoms with Gasteiger partial charge in [-0.3, -0.25) is 9.59 Å². The van der Waals surface area contributed by atoms with Gasteiger partial charge in [0.25, 0.3) is 5.91 Å². The highest BCUT2D eigenvalue weighted by molar-refractivity contribution is 7.99. The number of thioether (sulfide) groups is 1. The van der Waals surface area contributed by atoms with Gasteiger partial charge in [0.2, 0.25) is 5.91 Å². The van der Waals surface area contributed by atoms with Crippen molar-refractivity contribution in [3.8, 4) is 0 Å². The molecule has 0 unspecified atom stereocenters. The lowest BCUT2D eigenvalue weighted by Gasteiger charge is -2.14. The summed E-state index contributed by atoms with van der Waals surface area (Å²) in [6.07, 6.45) is 1.62. The van der Waals surface area contributed by atoms with Crippen LogP contribution < -0.4 is 10.6 Å². The van der Waals surface area contributed by atoms with Crippen molar-refractivity contribution in [2.24, 2.45) is 7.05 Å². The molecule has 3 aromatic rings. The van der Waals surface area contributed by atoms with Gasteiger partial charge < -0.3 is 15.2 Å². The number of nitrogens with zero attached hydrogens (tertiary/aromatic N) is 4. The Morgan fingerprint density at radius 1 is 1.28 bits per heavy atom. The summed E-state index contributed by atoms with van der Waals surface area (Å²) < 4.78 is 1.74. The molecule has 0 saturated heterocycles. The van der Waals surface area contributed by atoms with Gasteiger partial charge in [0.15, 0.2) is 16.1 Å². The highest BCUT2D eigenvalue weighted by Gasteiger charge is 2.19. The van der Waals surface area contributed by atoms with Gasteiger partial charge in [-0.25, -0.2) is 4.98 Å².